The van der Waals surface area contributed by atoms with E-state index in [2.05, 4.69) is 9.62 Å². The van der Waals surface area contributed by atoms with Crippen molar-refractivity contribution in [1.29, 1.82) is 0 Å². The van der Waals surface area contributed by atoms with Gasteiger partial charge >= 0.3 is 5.97 Å². The highest BCUT2D eigenvalue weighted by Gasteiger charge is 2.30. The SMILES string of the molecule is COC(=O)C1=CCC(OC)(OO)C=C1. The highest BCUT2D eigenvalue weighted by molar-refractivity contribution is 5.91. The summed E-state index contributed by atoms with van der Waals surface area (Å²) in [5.41, 5.74) is 0.414. The number of esters is 1. The Labute approximate surface area is 81.5 Å². The predicted molar refractivity (Wildman–Crippen MR) is 47.3 cm³/mol. The third-order valence-corrected chi connectivity index (χ3v) is 2.04. The molecule has 0 radical (unpaired) electrons. The maximum absolute atomic E-state index is 11.1. The van der Waals surface area contributed by atoms with Crippen LogP contribution in [0.1, 0.15) is 6.42 Å². The Morgan fingerprint density at radius 1 is 1.57 bits per heavy atom. The molecule has 5 nitrogen and oxygen atoms in total. The second-order valence-electron chi connectivity index (χ2n) is 2.80. The first kappa shape index (κ1) is 10.9. The molecule has 1 unspecified atom stereocenters. The van der Waals surface area contributed by atoms with E-state index in [1.54, 1.807) is 6.08 Å². The molecule has 0 saturated carbocycles. The molecule has 5 heteroatoms. The quantitative estimate of drug-likeness (QED) is 0.317. The van der Waals surface area contributed by atoms with Crippen molar-refractivity contribution in [2.24, 2.45) is 0 Å². The van der Waals surface area contributed by atoms with Gasteiger partial charge in [0.25, 0.3) is 0 Å². The lowest BCUT2D eigenvalue weighted by molar-refractivity contribution is -0.377. The van der Waals surface area contributed by atoms with Crippen LogP contribution in [0.2, 0.25) is 0 Å². The molecule has 0 saturated heterocycles. The first-order valence-corrected chi connectivity index (χ1v) is 4.03. The van der Waals surface area contributed by atoms with Crippen molar-refractivity contribution < 1.29 is 24.4 Å². The summed E-state index contributed by atoms with van der Waals surface area (Å²) < 4.78 is 9.46. The van der Waals surface area contributed by atoms with Crippen LogP contribution in [0, 0.1) is 0 Å². The molecular formula is C9H12O5. The van der Waals surface area contributed by atoms with Gasteiger partial charge in [0.05, 0.1) is 12.7 Å². The Bertz CT molecular complexity index is 275. The molecule has 0 aliphatic heterocycles. The lowest BCUT2D eigenvalue weighted by Crippen LogP contribution is -2.32. The zero-order valence-electron chi connectivity index (χ0n) is 8.02. The number of methoxy groups -OCH3 is 2. The van der Waals surface area contributed by atoms with Crippen molar-refractivity contribution in [3.8, 4) is 0 Å². The van der Waals surface area contributed by atoms with Crippen LogP contribution in [0.15, 0.2) is 23.8 Å². The standard InChI is InChI=1S/C9H12O5/c1-12-8(10)7-3-5-9(13-2,14-11)6-4-7/h3-5,11H,6H2,1-2H3. The normalized spacial score (nSPS) is 25.8. The molecule has 0 amide bonds. The molecule has 1 N–H and O–H groups in total. The fourth-order valence-electron chi connectivity index (χ4n) is 1.13. The van der Waals surface area contributed by atoms with Crippen molar-refractivity contribution in [3.05, 3.63) is 23.8 Å². The highest BCUT2D eigenvalue weighted by atomic mass is 17.1. The van der Waals surface area contributed by atoms with Gasteiger partial charge in [-0.15, -0.1) is 0 Å². The molecule has 14 heavy (non-hydrogen) atoms. The van der Waals surface area contributed by atoms with E-state index in [-0.39, 0.29) is 6.42 Å². The van der Waals surface area contributed by atoms with Gasteiger partial charge in [0, 0.05) is 13.5 Å². The summed E-state index contributed by atoms with van der Waals surface area (Å²) in [4.78, 5) is 15.3. The molecule has 0 spiro atoms. The van der Waals surface area contributed by atoms with Crippen molar-refractivity contribution >= 4 is 5.97 Å². The van der Waals surface area contributed by atoms with Crippen LogP contribution in [-0.4, -0.2) is 31.2 Å². The molecule has 1 aliphatic carbocycles. The van der Waals surface area contributed by atoms with Crippen molar-refractivity contribution in [1.82, 2.24) is 0 Å². The van der Waals surface area contributed by atoms with Gasteiger partial charge in [-0.2, -0.15) is 4.89 Å². The minimum Gasteiger partial charge on any atom is -0.465 e. The highest BCUT2D eigenvalue weighted by Crippen LogP contribution is 2.25. The van der Waals surface area contributed by atoms with Crippen LogP contribution in [0.3, 0.4) is 0 Å². The number of hydrogen-bond donors (Lipinski definition) is 1. The summed E-state index contributed by atoms with van der Waals surface area (Å²) >= 11 is 0. The van der Waals surface area contributed by atoms with Gasteiger partial charge in [0.2, 0.25) is 5.79 Å². The van der Waals surface area contributed by atoms with Crippen LogP contribution in [0.4, 0.5) is 0 Å². The van der Waals surface area contributed by atoms with Crippen LogP contribution in [-0.2, 0) is 19.2 Å². The van der Waals surface area contributed by atoms with E-state index in [0.717, 1.165) is 0 Å². The van der Waals surface area contributed by atoms with E-state index >= 15 is 0 Å². The molecule has 0 aromatic carbocycles. The van der Waals surface area contributed by atoms with Gasteiger partial charge in [-0.25, -0.2) is 10.1 Å². The van der Waals surface area contributed by atoms with Gasteiger partial charge in [-0.1, -0.05) is 6.08 Å². The van der Waals surface area contributed by atoms with Crippen LogP contribution in [0.5, 0.6) is 0 Å². The topological polar surface area (TPSA) is 65.0 Å². The third-order valence-electron chi connectivity index (χ3n) is 2.04. The number of carbonyl (C=O) groups is 1. The van der Waals surface area contributed by atoms with Crippen LogP contribution < -0.4 is 0 Å². The van der Waals surface area contributed by atoms with Crippen molar-refractivity contribution in [2.75, 3.05) is 14.2 Å². The minimum atomic E-state index is -1.18. The predicted octanol–water partition coefficient (Wildman–Crippen LogP) is 0.878. The molecular weight excluding hydrogens is 188 g/mol. The summed E-state index contributed by atoms with van der Waals surface area (Å²) in [6, 6.07) is 0. The van der Waals surface area contributed by atoms with Crippen LogP contribution in [0.25, 0.3) is 0 Å². The molecule has 0 fully saturated rings. The zero-order chi connectivity index (χ0) is 10.6. The molecule has 1 aliphatic rings. The average Bonchev–Trinajstić information content (AvgIpc) is 2.28. The van der Waals surface area contributed by atoms with E-state index in [0.29, 0.717) is 5.57 Å². The lowest BCUT2D eigenvalue weighted by Gasteiger charge is -2.26. The van der Waals surface area contributed by atoms with Crippen molar-refractivity contribution in [3.63, 3.8) is 0 Å². The molecule has 0 aromatic rings. The number of hydrogen-bond acceptors (Lipinski definition) is 5. The second-order valence-corrected chi connectivity index (χ2v) is 2.80. The van der Waals surface area contributed by atoms with E-state index in [1.165, 1.54) is 26.4 Å². The van der Waals surface area contributed by atoms with Gasteiger partial charge in [-0.05, 0) is 12.2 Å². The molecule has 1 atom stereocenters. The van der Waals surface area contributed by atoms with Crippen LogP contribution >= 0.6 is 0 Å². The molecule has 0 aromatic heterocycles. The van der Waals surface area contributed by atoms with E-state index in [1.807, 2.05) is 0 Å². The number of rotatable bonds is 3. The fourth-order valence-corrected chi connectivity index (χ4v) is 1.13. The summed E-state index contributed by atoms with van der Waals surface area (Å²) in [7, 11) is 2.70. The summed E-state index contributed by atoms with van der Waals surface area (Å²) in [5.74, 6) is -1.61. The third kappa shape index (κ3) is 2.01. The molecule has 78 valence electrons. The van der Waals surface area contributed by atoms with E-state index in [4.69, 9.17) is 9.99 Å². The van der Waals surface area contributed by atoms with E-state index in [9.17, 15) is 4.79 Å². The van der Waals surface area contributed by atoms with Gasteiger partial charge in [0.1, 0.15) is 0 Å². The van der Waals surface area contributed by atoms with Gasteiger partial charge < -0.3 is 9.47 Å². The molecule has 1 rings (SSSR count). The first-order valence-electron chi connectivity index (χ1n) is 4.03. The first-order chi connectivity index (χ1) is 6.67. The van der Waals surface area contributed by atoms with E-state index < -0.39 is 11.8 Å². The Kier molecular flexibility index (Phi) is 3.40. The summed E-state index contributed by atoms with van der Waals surface area (Å²) in [6.07, 6.45) is 4.76. The Balaban J connectivity index is 2.74. The maximum Gasteiger partial charge on any atom is 0.337 e. The molecule has 0 heterocycles. The monoisotopic (exact) mass is 200 g/mol. The Morgan fingerprint density at radius 2 is 2.29 bits per heavy atom. The Hall–Kier alpha value is -1.17. The lowest BCUT2D eigenvalue weighted by atomic mass is 10.0. The fraction of sp³-hybridized carbons (Fsp3) is 0.444. The zero-order valence-corrected chi connectivity index (χ0v) is 8.02. The second kappa shape index (κ2) is 4.36. The maximum atomic E-state index is 11.1. The smallest absolute Gasteiger partial charge is 0.337 e. The average molecular weight is 200 g/mol. The molecule has 0 bridgehead atoms. The largest absolute Gasteiger partial charge is 0.465 e. The summed E-state index contributed by atoms with van der Waals surface area (Å²) in [6.45, 7) is 0. The van der Waals surface area contributed by atoms with Gasteiger partial charge in [-0.3, -0.25) is 0 Å². The minimum absolute atomic E-state index is 0.251. The van der Waals surface area contributed by atoms with Crippen molar-refractivity contribution in [2.45, 2.75) is 12.2 Å². The number of ether oxygens (including phenoxy) is 2. The van der Waals surface area contributed by atoms with Gasteiger partial charge in [0.15, 0.2) is 0 Å². The summed E-state index contributed by atoms with van der Waals surface area (Å²) in [5, 5.41) is 8.60. The Morgan fingerprint density at radius 3 is 2.64 bits per heavy atom. The number of carbonyl (C=O) groups excluding carboxylic acids is 1.